The summed E-state index contributed by atoms with van der Waals surface area (Å²) >= 11 is 5.94. The number of benzene rings is 3. The number of nitrogens with one attached hydrogen (secondary N) is 1. The van der Waals surface area contributed by atoms with Crippen LogP contribution >= 0.6 is 11.6 Å². The van der Waals surface area contributed by atoms with Crippen LogP contribution in [0.1, 0.15) is 5.56 Å². The zero-order valence-corrected chi connectivity index (χ0v) is 18.4. The van der Waals surface area contributed by atoms with E-state index in [1.54, 1.807) is 59.3 Å². The van der Waals surface area contributed by atoms with Crippen molar-refractivity contribution in [1.29, 1.82) is 0 Å². The van der Waals surface area contributed by atoms with Gasteiger partial charge in [-0.3, -0.25) is 9.59 Å². The predicted molar refractivity (Wildman–Crippen MR) is 126 cm³/mol. The first-order valence-corrected chi connectivity index (χ1v) is 10.7. The summed E-state index contributed by atoms with van der Waals surface area (Å²) in [6.45, 7) is -0.214. The molecule has 5 rings (SSSR count). The van der Waals surface area contributed by atoms with Crippen molar-refractivity contribution >= 4 is 34.1 Å². The van der Waals surface area contributed by atoms with E-state index in [0.717, 1.165) is 4.68 Å². The predicted octanol–water partition coefficient (Wildman–Crippen LogP) is 4.92. The van der Waals surface area contributed by atoms with E-state index in [-0.39, 0.29) is 30.2 Å². The van der Waals surface area contributed by atoms with Crippen LogP contribution in [0.3, 0.4) is 0 Å². The van der Waals surface area contributed by atoms with Gasteiger partial charge in [0.2, 0.25) is 5.91 Å². The molecule has 2 aliphatic heterocycles. The normalized spacial score (nSPS) is 11.3. The maximum atomic E-state index is 14.3. The molecule has 34 heavy (non-hydrogen) atoms. The number of rotatable bonds is 5. The summed E-state index contributed by atoms with van der Waals surface area (Å²) in [5.74, 6) is -1.36. The van der Waals surface area contributed by atoms with E-state index in [0.29, 0.717) is 27.2 Å². The third-order valence-electron chi connectivity index (χ3n) is 5.45. The lowest BCUT2D eigenvalue weighted by atomic mass is 10.1. The molecule has 0 unspecified atom stereocenters. The number of pyridine rings is 1. The molecule has 0 saturated heterocycles. The highest BCUT2D eigenvalue weighted by molar-refractivity contribution is 6.30. The summed E-state index contributed by atoms with van der Waals surface area (Å²) in [5.41, 5.74) is 1.43. The van der Waals surface area contributed by atoms with E-state index in [1.165, 1.54) is 18.2 Å². The zero-order chi connectivity index (χ0) is 23.8. The molecule has 0 fully saturated rings. The zero-order valence-electron chi connectivity index (χ0n) is 17.6. The Bertz CT molecular complexity index is 1580. The molecule has 0 aliphatic carbocycles. The molecule has 2 aliphatic rings. The number of hydrogen-bond acceptors (Lipinski definition) is 3. The molecule has 0 atom stereocenters. The Morgan fingerprint density at radius 1 is 1.03 bits per heavy atom. The lowest BCUT2D eigenvalue weighted by Crippen LogP contribution is -2.26. The van der Waals surface area contributed by atoms with Gasteiger partial charge in [0.15, 0.2) is 0 Å². The SMILES string of the molecule is O=C(Cn1nc2c3cc(F)ccc3n(Cc3ccccc3F)cc-2c1=O)Nc1cccc(Cl)c1. The molecule has 170 valence electrons. The fraction of sp³-hybridized carbons (Fsp3) is 0.0800. The van der Waals surface area contributed by atoms with Crippen LogP contribution in [0, 0.1) is 11.6 Å². The summed E-state index contributed by atoms with van der Waals surface area (Å²) < 4.78 is 31.1. The van der Waals surface area contributed by atoms with Crippen LogP contribution in [0.15, 0.2) is 77.7 Å². The summed E-state index contributed by atoms with van der Waals surface area (Å²) in [6, 6.07) is 17.0. The van der Waals surface area contributed by atoms with Gasteiger partial charge in [-0.2, -0.15) is 5.10 Å². The van der Waals surface area contributed by atoms with Crippen molar-refractivity contribution < 1.29 is 13.6 Å². The van der Waals surface area contributed by atoms with E-state index in [4.69, 9.17) is 11.6 Å². The molecular formula is C25H17ClF2N4O2. The highest BCUT2D eigenvalue weighted by atomic mass is 35.5. The minimum Gasteiger partial charge on any atom is -0.342 e. The van der Waals surface area contributed by atoms with E-state index < -0.39 is 17.3 Å². The molecule has 0 spiro atoms. The maximum absolute atomic E-state index is 14.3. The second kappa shape index (κ2) is 8.72. The standard InChI is InChI=1S/C25H17ClF2N4O2/c26-16-5-3-6-18(10-16)29-23(33)14-32-25(34)20-13-31(12-15-4-1-2-7-21(15)28)22-9-8-17(27)11-19(22)24(20)30-32/h1-11,13H,12,14H2,(H,29,33). The van der Waals surface area contributed by atoms with Crippen LogP contribution < -0.4 is 10.9 Å². The van der Waals surface area contributed by atoms with Crippen LogP contribution in [-0.4, -0.2) is 20.3 Å². The summed E-state index contributed by atoms with van der Waals surface area (Å²) in [4.78, 5) is 25.6. The minimum absolute atomic E-state index is 0.130. The Morgan fingerprint density at radius 3 is 2.65 bits per heavy atom. The second-order valence-electron chi connectivity index (χ2n) is 7.79. The first-order valence-electron chi connectivity index (χ1n) is 10.4. The van der Waals surface area contributed by atoms with Crippen molar-refractivity contribution in [1.82, 2.24) is 14.3 Å². The number of amides is 1. The Hall–Kier alpha value is -4.04. The fourth-order valence-corrected chi connectivity index (χ4v) is 4.09. The van der Waals surface area contributed by atoms with Crippen molar-refractivity contribution in [2.24, 2.45) is 0 Å². The Kier molecular flexibility index (Phi) is 5.59. The van der Waals surface area contributed by atoms with Crippen LogP contribution in [-0.2, 0) is 17.9 Å². The molecule has 2 heterocycles. The van der Waals surface area contributed by atoms with Crippen LogP contribution in [0.2, 0.25) is 5.02 Å². The Morgan fingerprint density at radius 2 is 1.85 bits per heavy atom. The molecule has 1 N–H and O–H groups in total. The first-order chi connectivity index (χ1) is 16.4. The molecule has 0 radical (unpaired) electrons. The highest BCUT2D eigenvalue weighted by Crippen LogP contribution is 2.29. The molecule has 3 aromatic carbocycles. The van der Waals surface area contributed by atoms with Crippen molar-refractivity contribution in [3.8, 4) is 11.3 Å². The minimum atomic E-state index is -0.510. The third-order valence-corrected chi connectivity index (χ3v) is 5.68. The van der Waals surface area contributed by atoms with Crippen molar-refractivity contribution in [3.63, 3.8) is 0 Å². The van der Waals surface area contributed by atoms with E-state index in [2.05, 4.69) is 10.4 Å². The lowest BCUT2D eigenvalue weighted by Gasteiger charge is -2.14. The maximum Gasteiger partial charge on any atom is 0.278 e. The number of aromatic nitrogens is 3. The molecule has 1 amide bonds. The van der Waals surface area contributed by atoms with Crippen LogP contribution in [0.4, 0.5) is 14.5 Å². The van der Waals surface area contributed by atoms with Gasteiger partial charge in [0.25, 0.3) is 5.56 Å². The highest BCUT2D eigenvalue weighted by Gasteiger charge is 2.22. The van der Waals surface area contributed by atoms with E-state index in [1.807, 2.05) is 0 Å². The van der Waals surface area contributed by atoms with Gasteiger partial charge in [0, 0.05) is 27.9 Å². The number of hydrogen-bond donors (Lipinski definition) is 1. The number of nitrogens with zero attached hydrogens (tertiary/aromatic N) is 3. The molecular weight excluding hydrogens is 462 g/mol. The molecule has 3 aromatic rings. The summed E-state index contributed by atoms with van der Waals surface area (Å²) in [6.07, 6.45) is 1.56. The summed E-state index contributed by atoms with van der Waals surface area (Å²) in [7, 11) is 0. The van der Waals surface area contributed by atoms with Gasteiger partial charge in [-0.05, 0) is 42.5 Å². The van der Waals surface area contributed by atoms with Gasteiger partial charge in [0.1, 0.15) is 23.9 Å². The molecule has 0 aromatic heterocycles. The van der Waals surface area contributed by atoms with Crippen molar-refractivity contribution in [2.45, 2.75) is 13.1 Å². The van der Waals surface area contributed by atoms with Crippen LogP contribution in [0.5, 0.6) is 0 Å². The third kappa shape index (κ3) is 4.15. The second-order valence-corrected chi connectivity index (χ2v) is 8.23. The fourth-order valence-electron chi connectivity index (χ4n) is 3.90. The number of carbonyl (C=O) groups is 1. The van der Waals surface area contributed by atoms with Gasteiger partial charge in [-0.1, -0.05) is 35.9 Å². The van der Waals surface area contributed by atoms with Gasteiger partial charge in [-0.25, -0.2) is 13.5 Å². The van der Waals surface area contributed by atoms with Gasteiger partial charge in [0.05, 0.1) is 17.6 Å². The van der Waals surface area contributed by atoms with Crippen molar-refractivity contribution in [2.75, 3.05) is 5.32 Å². The smallest absolute Gasteiger partial charge is 0.278 e. The lowest BCUT2D eigenvalue weighted by molar-refractivity contribution is -0.116. The van der Waals surface area contributed by atoms with E-state index in [9.17, 15) is 18.4 Å². The van der Waals surface area contributed by atoms with Crippen LogP contribution in [0.25, 0.3) is 22.2 Å². The monoisotopic (exact) mass is 478 g/mol. The molecule has 6 nitrogen and oxygen atoms in total. The number of carbonyl (C=O) groups excluding carboxylic acids is 1. The average molecular weight is 479 g/mol. The average Bonchev–Trinajstić information content (AvgIpc) is 3.10. The molecule has 0 saturated carbocycles. The van der Waals surface area contributed by atoms with E-state index >= 15 is 0 Å². The Labute approximate surface area is 197 Å². The number of fused-ring (bicyclic) bond motifs is 3. The number of anilines is 1. The molecule has 9 heteroatoms. The molecule has 0 bridgehead atoms. The largest absolute Gasteiger partial charge is 0.342 e. The topological polar surface area (TPSA) is 68.9 Å². The quantitative estimate of drug-likeness (QED) is 0.390. The number of halogens is 3. The Balaban J connectivity index is 1.56. The van der Waals surface area contributed by atoms with Gasteiger partial charge >= 0.3 is 0 Å². The summed E-state index contributed by atoms with van der Waals surface area (Å²) in [5, 5.41) is 7.83. The van der Waals surface area contributed by atoms with Gasteiger partial charge < -0.3 is 9.88 Å². The van der Waals surface area contributed by atoms with Gasteiger partial charge in [-0.15, -0.1) is 0 Å². The van der Waals surface area contributed by atoms with Crippen molar-refractivity contribution in [3.05, 3.63) is 106 Å². The first kappa shape index (κ1) is 21.8.